The third-order valence-electron chi connectivity index (χ3n) is 3.56. The van der Waals surface area contributed by atoms with E-state index in [1.165, 1.54) is 22.9 Å². The highest BCUT2D eigenvalue weighted by atomic mass is 32.2. The van der Waals surface area contributed by atoms with Crippen LogP contribution in [-0.2, 0) is 12.3 Å². The smallest absolute Gasteiger partial charge is 0.258 e. The zero-order valence-corrected chi connectivity index (χ0v) is 14.8. The normalized spacial score (nSPS) is 10.7. The fraction of sp³-hybridized carbons (Fsp3) is 0.167. The van der Waals surface area contributed by atoms with Crippen molar-refractivity contribution in [1.29, 1.82) is 0 Å². The molecular weight excluding hydrogens is 338 g/mol. The molecule has 0 aliphatic rings. The van der Waals surface area contributed by atoms with E-state index in [-0.39, 0.29) is 5.56 Å². The van der Waals surface area contributed by atoms with Crippen LogP contribution in [0.15, 0.2) is 53.3 Å². The van der Waals surface area contributed by atoms with Crippen molar-refractivity contribution >= 4 is 39.2 Å². The Bertz CT molecular complexity index is 919. The third kappa shape index (κ3) is 4.21. The predicted molar refractivity (Wildman–Crippen MR) is 104 cm³/mol. The Balaban J connectivity index is 1.58. The minimum absolute atomic E-state index is 0.116. The molecule has 0 fully saturated rings. The molecule has 2 N–H and O–H groups in total. The summed E-state index contributed by atoms with van der Waals surface area (Å²) in [7, 11) is 0. The van der Waals surface area contributed by atoms with Gasteiger partial charge in [-0.3, -0.25) is 4.79 Å². The van der Waals surface area contributed by atoms with Crippen molar-refractivity contribution in [2.24, 2.45) is 0 Å². The molecule has 0 aliphatic heterocycles. The highest BCUT2D eigenvalue weighted by Crippen LogP contribution is 2.12. The monoisotopic (exact) mass is 355 g/mol. The van der Waals surface area contributed by atoms with Crippen LogP contribution in [0.5, 0.6) is 0 Å². The van der Waals surface area contributed by atoms with E-state index in [4.69, 9.17) is 12.2 Å². The molecule has 122 valence electrons. The number of aryl methyl sites for hydroxylation is 1. The number of hydrogen-bond acceptors (Lipinski definition) is 4. The van der Waals surface area contributed by atoms with Crippen LogP contribution in [0, 0.1) is 6.92 Å². The minimum Gasteiger partial charge on any atom is -0.367 e. The quantitative estimate of drug-likeness (QED) is 0.701. The lowest BCUT2D eigenvalue weighted by Crippen LogP contribution is -2.18. The van der Waals surface area contributed by atoms with Crippen molar-refractivity contribution < 1.29 is 0 Å². The molecule has 3 aromatic rings. The summed E-state index contributed by atoms with van der Waals surface area (Å²) >= 11 is 6.80. The van der Waals surface area contributed by atoms with Gasteiger partial charge in [-0.25, -0.2) is 4.98 Å². The number of nitrogens with zero attached hydrogens (tertiary/aromatic N) is 1. The van der Waals surface area contributed by atoms with E-state index >= 15 is 0 Å². The molecule has 0 aliphatic carbocycles. The number of para-hydroxylation sites is 1. The second-order valence-electron chi connectivity index (χ2n) is 5.45. The summed E-state index contributed by atoms with van der Waals surface area (Å²) in [6.45, 7) is 2.75. The number of aromatic nitrogens is 2. The largest absolute Gasteiger partial charge is 0.367 e. The molecule has 2 aromatic carbocycles. The maximum Gasteiger partial charge on any atom is 0.258 e. The second-order valence-corrected chi connectivity index (χ2v) is 7.10. The van der Waals surface area contributed by atoms with E-state index in [9.17, 15) is 4.79 Å². The Kier molecular flexibility index (Phi) is 5.27. The topological polar surface area (TPSA) is 57.8 Å². The van der Waals surface area contributed by atoms with Gasteiger partial charge >= 0.3 is 0 Å². The zero-order valence-electron chi connectivity index (χ0n) is 13.2. The van der Waals surface area contributed by atoms with E-state index in [0.717, 1.165) is 0 Å². The molecule has 0 radical (unpaired) electrons. The van der Waals surface area contributed by atoms with Gasteiger partial charge in [-0.1, -0.05) is 65.9 Å². The SMILES string of the molecule is Cc1ccc(CNC(=S)SCc2nc3ccccc3c(=O)[nH]2)cc1. The van der Waals surface area contributed by atoms with Crippen LogP contribution in [0.3, 0.4) is 0 Å². The highest BCUT2D eigenvalue weighted by molar-refractivity contribution is 8.22. The number of aromatic amines is 1. The Morgan fingerprint density at radius 3 is 2.75 bits per heavy atom. The fourth-order valence-corrected chi connectivity index (χ4v) is 3.10. The molecule has 1 aromatic heterocycles. The first-order chi connectivity index (χ1) is 11.6. The van der Waals surface area contributed by atoms with Gasteiger partial charge in [0.05, 0.1) is 16.7 Å². The van der Waals surface area contributed by atoms with Crippen LogP contribution in [0.2, 0.25) is 0 Å². The molecule has 4 nitrogen and oxygen atoms in total. The van der Waals surface area contributed by atoms with Gasteiger partial charge in [0.25, 0.3) is 5.56 Å². The molecule has 0 saturated heterocycles. The maximum absolute atomic E-state index is 12.0. The molecule has 0 amide bonds. The predicted octanol–water partition coefficient (Wildman–Crippen LogP) is 3.54. The first-order valence-electron chi connectivity index (χ1n) is 7.56. The van der Waals surface area contributed by atoms with Crippen molar-refractivity contribution in [1.82, 2.24) is 15.3 Å². The van der Waals surface area contributed by atoms with Crippen LogP contribution in [0.4, 0.5) is 0 Å². The average molecular weight is 355 g/mol. The molecule has 0 bridgehead atoms. The van der Waals surface area contributed by atoms with Crippen LogP contribution in [0.25, 0.3) is 10.9 Å². The Labute approximate surface area is 149 Å². The van der Waals surface area contributed by atoms with Crippen molar-refractivity contribution in [3.63, 3.8) is 0 Å². The lowest BCUT2D eigenvalue weighted by Gasteiger charge is -2.08. The fourth-order valence-electron chi connectivity index (χ4n) is 2.27. The van der Waals surface area contributed by atoms with Gasteiger partial charge in [0.1, 0.15) is 10.1 Å². The Hall–Kier alpha value is -2.18. The van der Waals surface area contributed by atoms with Crippen molar-refractivity contribution in [3.05, 3.63) is 75.8 Å². The van der Waals surface area contributed by atoms with Crippen molar-refractivity contribution in [2.45, 2.75) is 19.2 Å². The molecule has 24 heavy (non-hydrogen) atoms. The zero-order chi connectivity index (χ0) is 16.9. The van der Waals surface area contributed by atoms with E-state index < -0.39 is 0 Å². The summed E-state index contributed by atoms with van der Waals surface area (Å²) in [5, 5.41) is 3.82. The third-order valence-corrected chi connectivity index (χ3v) is 4.88. The van der Waals surface area contributed by atoms with Crippen molar-refractivity contribution in [3.8, 4) is 0 Å². The number of thiocarbonyl (C=S) groups is 1. The van der Waals surface area contributed by atoms with Crippen molar-refractivity contribution in [2.75, 3.05) is 0 Å². The summed E-state index contributed by atoms with van der Waals surface area (Å²) in [4.78, 5) is 19.3. The van der Waals surface area contributed by atoms with Gasteiger partial charge in [0, 0.05) is 6.54 Å². The number of H-pyrrole nitrogens is 1. The van der Waals surface area contributed by atoms with Crippen LogP contribution < -0.4 is 10.9 Å². The van der Waals surface area contributed by atoms with Gasteiger partial charge in [-0.2, -0.15) is 0 Å². The summed E-state index contributed by atoms with van der Waals surface area (Å²) in [6, 6.07) is 15.6. The number of benzene rings is 2. The average Bonchev–Trinajstić information content (AvgIpc) is 2.59. The molecular formula is C18H17N3OS2. The van der Waals surface area contributed by atoms with E-state index in [1.807, 2.05) is 18.2 Å². The Morgan fingerprint density at radius 2 is 1.96 bits per heavy atom. The van der Waals surface area contributed by atoms with Gasteiger partial charge < -0.3 is 10.3 Å². The van der Waals surface area contributed by atoms with Gasteiger partial charge in [0.15, 0.2) is 0 Å². The first-order valence-corrected chi connectivity index (χ1v) is 8.95. The molecule has 0 saturated carbocycles. The molecule has 0 unspecified atom stereocenters. The number of rotatable bonds is 4. The summed E-state index contributed by atoms with van der Waals surface area (Å²) < 4.78 is 0.686. The molecule has 1 heterocycles. The lowest BCUT2D eigenvalue weighted by molar-refractivity contribution is 0.938. The summed E-state index contributed by atoms with van der Waals surface area (Å²) in [5.41, 5.74) is 3.01. The van der Waals surface area contributed by atoms with Gasteiger partial charge in [-0.05, 0) is 24.6 Å². The number of thioether (sulfide) groups is 1. The first kappa shape index (κ1) is 16.7. The van der Waals surface area contributed by atoms with E-state index in [2.05, 4.69) is 46.5 Å². The maximum atomic E-state index is 12.0. The molecule has 0 atom stereocenters. The van der Waals surface area contributed by atoms with E-state index in [0.29, 0.717) is 33.3 Å². The van der Waals surface area contributed by atoms with Crippen LogP contribution >= 0.6 is 24.0 Å². The van der Waals surface area contributed by atoms with Crippen LogP contribution in [0.1, 0.15) is 17.0 Å². The number of hydrogen-bond donors (Lipinski definition) is 2. The minimum atomic E-state index is -0.116. The molecule has 6 heteroatoms. The summed E-state index contributed by atoms with van der Waals surface area (Å²) in [5.74, 6) is 1.16. The van der Waals surface area contributed by atoms with Gasteiger partial charge in [-0.15, -0.1) is 0 Å². The standard InChI is InChI=1S/C18H17N3OS2/c1-12-6-8-13(9-7-12)10-19-18(23)24-11-16-20-15-5-3-2-4-14(15)17(22)21-16/h2-9H,10-11H2,1H3,(H,19,23)(H,20,21,22). The second kappa shape index (κ2) is 7.59. The van der Waals surface area contributed by atoms with Gasteiger partial charge in [0.2, 0.25) is 0 Å². The lowest BCUT2D eigenvalue weighted by atomic mass is 10.1. The number of nitrogens with one attached hydrogen (secondary N) is 2. The number of fused-ring (bicyclic) bond motifs is 1. The Morgan fingerprint density at radius 1 is 1.21 bits per heavy atom. The molecule has 0 spiro atoms. The highest BCUT2D eigenvalue weighted by Gasteiger charge is 2.05. The van der Waals surface area contributed by atoms with Crippen LogP contribution in [-0.4, -0.2) is 14.3 Å². The van der Waals surface area contributed by atoms with E-state index in [1.54, 1.807) is 6.07 Å². The molecule has 3 rings (SSSR count). The summed E-state index contributed by atoms with van der Waals surface area (Å²) in [6.07, 6.45) is 0.